The minimum Gasteiger partial charge on any atom is -0.497 e. The van der Waals surface area contributed by atoms with E-state index in [1.54, 1.807) is 52.0 Å². The molecule has 23 nitrogen and oxygen atoms in total. The van der Waals surface area contributed by atoms with Gasteiger partial charge in [0.2, 0.25) is 47.3 Å². The van der Waals surface area contributed by atoms with Gasteiger partial charge in [-0.05, 0) is 100 Å². The number of likely N-dealkylation sites (tertiary alicyclic amines) is 1. The standard InChI is InChI=1S/C59H90N8O15/c1-14-34(8)48-45(68)30-47(70)82-51(33(6)7)50(71)35(9)52(72)61-40(27-31(2)3)56(76)67-26-16-18-42(67)58(78)65(12)44(29-37-19-21-38(80-13)22-20-37)59(79)81-36(10)49(54(74)62-48)63-53(73)43(28-32(4)5)64(11)57(77)41-17-15-25-66(41)55(75)39-23-24-46(69)60-39/h19-22,31-36,39-45,48-49,51,68H,14-18,23-30H2,1-13H3,(H,60,69)(H,61,72)(H,62,74)(H,63,73)/t34-,35-,36-,39-,40+,41-,42-,43+,44-,45+,48-,49-,51+/m0/s1. The van der Waals surface area contributed by atoms with Gasteiger partial charge in [0.05, 0.1) is 31.6 Å². The molecule has 4 saturated heterocycles. The fourth-order valence-electron chi connectivity index (χ4n) is 11.3. The van der Waals surface area contributed by atoms with E-state index in [0.717, 1.165) is 0 Å². The van der Waals surface area contributed by atoms with Crippen LogP contribution in [0.5, 0.6) is 5.75 Å². The number of cyclic esters (lactones) is 2. The highest BCUT2D eigenvalue weighted by atomic mass is 16.6. The third-order valence-electron chi connectivity index (χ3n) is 16.4. The number of aliphatic hydroxyl groups excluding tert-OH is 1. The lowest BCUT2D eigenvalue weighted by Crippen LogP contribution is -2.62. The average molecular weight is 1150 g/mol. The summed E-state index contributed by atoms with van der Waals surface area (Å²) in [6.07, 6.45) is -3.14. The summed E-state index contributed by atoms with van der Waals surface area (Å²) >= 11 is 0. The minimum absolute atomic E-state index is 0.0743. The zero-order chi connectivity index (χ0) is 61.0. The van der Waals surface area contributed by atoms with E-state index in [1.807, 2.05) is 27.7 Å². The molecule has 1 aromatic carbocycles. The summed E-state index contributed by atoms with van der Waals surface area (Å²) in [5, 5.41) is 22.9. The summed E-state index contributed by atoms with van der Waals surface area (Å²) in [5.74, 6) is -10.3. The van der Waals surface area contributed by atoms with Crippen LogP contribution < -0.4 is 26.0 Å². The minimum atomic E-state index is -1.77. The first-order valence-electron chi connectivity index (χ1n) is 29.2. The first-order chi connectivity index (χ1) is 38.6. The van der Waals surface area contributed by atoms with Crippen molar-refractivity contribution in [3.05, 3.63) is 29.8 Å². The van der Waals surface area contributed by atoms with Crippen molar-refractivity contribution in [2.45, 2.75) is 207 Å². The predicted molar refractivity (Wildman–Crippen MR) is 300 cm³/mol. The van der Waals surface area contributed by atoms with Crippen LogP contribution >= 0.6 is 0 Å². The highest BCUT2D eigenvalue weighted by Crippen LogP contribution is 2.28. The number of aliphatic hydroxyl groups is 1. The van der Waals surface area contributed by atoms with Crippen molar-refractivity contribution in [1.29, 1.82) is 0 Å². The number of ketones is 1. The van der Waals surface area contributed by atoms with Crippen molar-refractivity contribution in [2.75, 3.05) is 34.3 Å². The second-order valence-corrected chi connectivity index (χ2v) is 23.9. The number of Topliss-reactive ketones (excluding diaryl/α,β-unsaturated/α-hetero) is 1. The molecule has 0 saturated carbocycles. The number of fused-ring (bicyclic) bond motifs is 1. The number of carbonyl (C=O) groups is 11. The van der Waals surface area contributed by atoms with E-state index in [0.29, 0.717) is 37.0 Å². The molecule has 0 bridgehead atoms. The molecule has 456 valence electrons. The number of nitrogens with zero attached hydrogens (tertiary/aromatic N) is 4. The van der Waals surface area contributed by atoms with Crippen LogP contribution in [0.3, 0.4) is 0 Å². The van der Waals surface area contributed by atoms with Crippen molar-refractivity contribution >= 4 is 65.0 Å². The number of methoxy groups -OCH3 is 1. The van der Waals surface area contributed by atoms with Gasteiger partial charge in [-0.25, -0.2) is 4.79 Å². The van der Waals surface area contributed by atoms with Crippen molar-refractivity contribution in [3.8, 4) is 5.75 Å². The van der Waals surface area contributed by atoms with E-state index < -0.39 is 150 Å². The molecule has 23 heteroatoms. The maximum absolute atomic E-state index is 15.1. The number of amides is 8. The Balaban J connectivity index is 1.60. The molecule has 8 amide bonds. The van der Waals surface area contributed by atoms with Crippen LogP contribution in [0.4, 0.5) is 0 Å². The second kappa shape index (κ2) is 29.5. The van der Waals surface area contributed by atoms with Crippen LogP contribution in [-0.4, -0.2) is 191 Å². The molecule has 4 heterocycles. The summed E-state index contributed by atoms with van der Waals surface area (Å²) in [6.45, 7) is 17.2. The molecule has 1 aromatic rings. The smallest absolute Gasteiger partial charge is 0.329 e. The number of likely N-dealkylation sites (N-methyl/N-ethyl adjacent to an activating group) is 2. The lowest BCUT2D eigenvalue weighted by atomic mass is 9.91. The van der Waals surface area contributed by atoms with Gasteiger partial charge >= 0.3 is 11.9 Å². The maximum atomic E-state index is 15.1. The largest absolute Gasteiger partial charge is 0.497 e. The first kappa shape index (κ1) is 66.2. The molecular weight excluding hydrogens is 1060 g/mol. The van der Waals surface area contributed by atoms with Crippen LogP contribution in [0.1, 0.15) is 139 Å². The zero-order valence-electron chi connectivity index (χ0n) is 50.2. The van der Waals surface area contributed by atoms with Crippen LogP contribution in [-0.2, 0) is 68.6 Å². The summed E-state index contributed by atoms with van der Waals surface area (Å²) in [5.41, 5.74) is 0.570. The maximum Gasteiger partial charge on any atom is 0.329 e. The molecule has 5 N–H and O–H groups in total. The quantitative estimate of drug-likeness (QED) is 0.124. The van der Waals surface area contributed by atoms with Crippen molar-refractivity contribution in [1.82, 2.24) is 40.9 Å². The summed E-state index contributed by atoms with van der Waals surface area (Å²) in [7, 11) is 4.32. The number of esters is 2. The SMILES string of the molecule is CC[C@H](C)[C@@H]1NC(=O)[C@@H](NC(=O)[C@@H](CC(C)C)N(C)C(=O)[C@@H]2CCCN2C(=O)[C@@H]2CCC(=O)N2)[C@H](C)OC(=O)[C@H](Cc2ccc(OC)cc2)N(C)C(=O)[C@@H]2CCCN2C(=O)[C@@H](CC(C)C)NC(=O)[C@@H](C)C(=O)[C@@H](C(C)C)OC(=O)C[C@H]1O. The molecule has 4 aliphatic rings. The Labute approximate surface area is 482 Å². The number of ether oxygens (including phenoxy) is 3. The summed E-state index contributed by atoms with van der Waals surface area (Å²) in [4.78, 5) is 162. The van der Waals surface area contributed by atoms with Crippen LogP contribution in [0.15, 0.2) is 24.3 Å². The van der Waals surface area contributed by atoms with E-state index in [2.05, 4.69) is 21.3 Å². The van der Waals surface area contributed by atoms with E-state index in [1.165, 1.54) is 54.7 Å². The Morgan fingerprint density at radius 3 is 2.09 bits per heavy atom. The fourth-order valence-corrected chi connectivity index (χ4v) is 11.3. The molecular formula is C59H90N8O15. The monoisotopic (exact) mass is 1150 g/mol. The number of benzene rings is 1. The van der Waals surface area contributed by atoms with Crippen molar-refractivity contribution < 1.29 is 72.1 Å². The summed E-state index contributed by atoms with van der Waals surface area (Å²) < 4.78 is 17.3. The molecule has 4 fully saturated rings. The Hall–Kier alpha value is -6.65. The molecule has 0 unspecified atom stereocenters. The Bertz CT molecular complexity index is 2490. The number of hydrogen-bond acceptors (Lipinski definition) is 15. The topological polar surface area (TPSA) is 297 Å². The highest BCUT2D eigenvalue weighted by molar-refractivity contribution is 6.05. The van der Waals surface area contributed by atoms with Crippen LogP contribution in [0, 0.1) is 29.6 Å². The molecule has 0 spiro atoms. The van der Waals surface area contributed by atoms with Gasteiger partial charge in [0.15, 0.2) is 11.9 Å². The van der Waals surface area contributed by atoms with Gasteiger partial charge in [0, 0.05) is 40.0 Å². The molecule has 4 aliphatic heterocycles. The van der Waals surface area contributed by atoms with Gasteiger partial charge < -0.3 is 60.2 Å². The number of rotatable bonds is 15. The number of carbonyl (C=O) groups excluding carboxylic acids is 11. The fraction of sp³-hybridized carbons (Fsp3) is 0.712. The predicted octanol–water partition coefficient (Wildman–Crippen LogP) is 2.21. The molecule has 82 heavy (non-hydrogen) atoms. The van der Waals surface area contributed by atoms with Gasteiger partial charge in [-0.15, -0.1) is 0 Å². The van der Waals surface area contributed by atoms with Gasteiger partial charge in [0.1, 0.15) is 54.1 Å². The summed E-state index contributed by atoms with van der Waals surface area (Å²) in [6, 6.07) is -2.95. The highest BCUT2D eigenvalue weighted by Gasteiger charge is 2.46. The van der Waals surface area contributed by atoms with Crippen LogP contribution in [0.2, 0.25) is 0 Å². The zero-order valence-corrected chi connectivity index (χ0v) is 50.2. The van der Waals surface area contributed by atoms with E-state index in [4.69, 9.17) is 14.2 Å². The molecule has 0 aromatic heterocycles. The first-order valence-corrected chi connectivity index (χ1v) is 29.2. The van der Waals surface area contributed by atoms with Gasteiger partial charge in [-0.2, -0.15) is 0 Å². The Kier molecular flexibility index (Phi) is 23.8. The lowest BCUT2D eigenvalue weighted by molar-refractivity contribution is -0.163. The third-order valence-corrected chi connectivity index (χ3v) is 16.4. The Morgan fingerprint density at radius 2 is 1.50 bits per heavy atom. The normalized spacial score (nSPS) is 28.5. The third kappa shape index (κ3) is 16.5. The lowest BCUT2D eigenvalue weighted by Gasteiger charge is -2.36. The van der Waals surface area contributed by atoms with Crippen LogP contribution in [0.25, 0.3) is 0 Å². The molecule has 5 rings (SSSR count). The van der Waals surface area contributed by atoms with E-state index in [-0.39, 0.29) is 69.4 Å². The van der Waals surface area contributed by atoms with Gasteiger partial charge in [-0.3, -0.25) is 47.9 Å². The van der Waals surface area contributed by atoms with Crippen molar-refractivity contribution in [2.24, 2.45) is 29.6 Å². The molecule has 0 aliphatic carbocycles. The second-order valence-electron chi connectivity index (χ2n) is 23.9. The average Bonchev–Trinajstić information content (AvgIpc) is 4.29. The van der Waals surface area contributed by atoms with Crippen molar-refractivity contribution in [3.63, 3.8) is 0 Å². The Morgan fingerprint density at radius 1 is 0.841 bits per heavy atom. The molecule has 13 atom stereocenters. The van der Waals surface area contributed by atoms with E-state index in [9.17, 15) is 48.3 Å². The van der Waals surface area contributed by atoms with Gasteiger partial charge in [0.25, 0.3) is 0 Å². The molecule has 0 radical (unpaired) electrons. The van der Waals surface area contributed by atoms with E-state index >= 15 is 9.59 Å². The van der Waals surface area contributed by atoms with Gasteiger partial charge in [-0.1, -0.05) is 73.9 Å². The number of nitrogens with one attached hydrogen (secondary N) is 4. The number of hydrogen-bond donors (Lipinski definition) is 5.